The minimum atomic E-state index is -0.439. The third kappa shape index (κ3) is 4.06. The molecule has 164 valence electrons. The molecule has 0 saturated heterocycles. The van der Waals surface area contributed by atoms with Gasteiger partial charge in [-0.05, 0) is 49.2 Å². The summed E-state index contributed by atoms with van der Waals surface area (Å²) < 4.78 is 20.6. The van der Waals surface area contributed by atoms with Crippen molar-refractivity contribution >= 4 is 17.7 Å². The maximum Gasteiger partial charge on any atom is 0.168 e. The number of benzene rings is 1. The zero-order chi connectivity index (χ0) is 22.7. The molecule has 0 saturated carbocycles. The van der Waals surface area contributed by atoms with Gasteiger partial charge in [0, 0.05) is 61.0 Å². The van der Waals surface area contributed by atoms with E-state index in [0.29, 0.717) is 24.5 Å². The van der Waals surface area contributed by atoms with Crippen LogP contribution in [-0.4, -0.2) is 29.8 Å². The second kappa shape index (κ2) is 9.18. The van der Waals surface area contributed by atoms with Crippen molar-refractivity contribution in [2.24, 2.45) is 0 Å². The van der Waals surface area contributed by atoms with Gasteiger partial charge in [-0.2, -0.15) is 0 Å². The van der Waals surface area contributed by atoms with Crippen molar-refractivity contribution in [3.8, 4) is 16.9 Å². The van der Waals surface area contributed by atoms with Crippen LogP contribution in [0.2, 0.25) is 0 Å². The lowest BCUT2D eigenvalue weighted by atomic mass is 9.92. The molecule has 1 unspecified atom stereocenters. The highest BCUT2D eigenvalue weighted by molar-refractivity contribution is 5.90. The van der Waals surface area contributed by atoms with Gasteiger partial charge in [0.1, 0.15) is 11.9 Å². The van der Waals surface area contributed by atoms with E-state index in [9.17, 15) is 4.39 Å². The van der Waals surface area contributed by atoms with E-state index in [1.165, 1.54) is 18.3 Å². The summed E-state index contributed by atoms with van der Waals surface area (Å²) in [5, 5.41) is 14.6. The van der Waals surface area contributed by atoms with Crippen molar-refractivity contribution in [3.05, 3.63) is 77.0 Å². The number of halogens is 1. The van der Waals surface area contributed by atoms with E-state index in [4.69, 9.17) is 10.1 Å². The van der Waals surface area contributed by atoms with Gasteiger partial charge in [0.15, 0.2) is 11.6 Å². The molecule has 3 N–H and O–H groups in total. The van der Waals surface area contributed by atoms with Gasteiger partial charge in [-0.1, -0.05) is 12.1 Å². The Morgan fingerprint density at radius 3 is 2.81 bits per heavy atom. The number of ether oxygens (including phenoxy) is 1. The van der Waals surface area contributed by atoms with Gasteiger partial charge < -0.3 is 20.8 Å². The molecule has 1 aliphatic rings. The highest BCUT2D eigenvalue weighted by Gasteiger charge is 2.22. The van der Waals surface area contributed by atoms with Crippen LogP contribution in [0.1, 0.15) is 36.8 Å². The zero-order valence-corrected chi connectivity index (χ0v) is 18.4. The Kier molecular flexibility index (Phi) is 6.16. The minimum absolute atomic E-state index is 0.327. The van der Waals surface area contributed by atoms with Gasteiger partial charge in [0.25, 0.3) is 0 Å². The molecule has 7 heteroatoms. The molecule has 2 aromatic heterocycles. The summed E-state index contributed by atoms with van der Waals surface area (Å²) in [4.78, 5) is 9.14. The predicted molar refractivity (Wildman–Crippen MR) is 126 cm³/mol. The van der Waals surface area contributed by atoms with Crippen molar-refractivity contribution < 1.29 is 9.13 Å². The number of rotatable bonds is 4. The van der Waals surface area contributed by atoms with Crippen molar-refractivity contribution in [2.45, 2.75) is 26.4 Å². The van der Waals surface area contributed by atoms with E-state index in [1.54, 1.807) is 25.5 Å². The monoisotopic (exact) mass is 431 g/mol. The van der Waals surface area contributed by atoms with Crippen LogP contribution in [0.5, 0.6) is 5.75 Å². The van der Waals surface area contributed by atoms with Crippen LogP contribution in [-0.2, 0) is 6.42 Å². The maximum absolute atomic E-state index is 14.3. The van der Waals surface area contributed by atoms with Crippen LogP contribution in [0, 0.1) is 11.2 Å². The first-order valence-electron chi connectivity index (χ1n) is 10.6. The summed E-state index contributed by atoms with van der Waals surface area (Å²) in [6.45, 7) is 4.59. The standard InChI is InChI=1S/C25H26FN5O/c1-4-29-24-16(13-27)10-22-20(6-5-9-30-22)19-8-7-18(26)12-21(19)15(2)32-23-11-17(24)14-31-25(23)28-3/h5-9,11-15,27,29H,4,10H2,1-3H3,(H,28,31)/b24-16-,27-13?. The number of anilines is 1. The normalized spacial score (nSPS) is 17.7. The van der Waals surface area contributed by atoms with Crippen molar-refractivity contribution in [1.29, 1.82) is 5.41 Å². The lowest BCUT2D eigenvalue weighted by Gasteiger charge is -2.23. The fraction of sp³-hybridized carbons (Fsp3) is 0.240. The summed E-state index contributed by atoms with van der Waals surface area (Å²) in [5.41, 5.74) is 5.67. The van der Waals surface area contributed by atoms with Gasteiger partial charge in [-0.3, -0.25) is 4.98 Å². The first-order valence-corrected chi connectivity index (χ1v) is 10.6. The average molecular weight is 432 g/mol. The third-order valence-electron chi connectivity index (χ3n) is 5.52. The molecule has 2 bridgehead atoms. The van der Waals surface area contributed by atoms with Crippen LogP contribution < -0.4 is 15.4 Å². The lowest BCUT2D eigenvalue weighted by Crippen LogP contribution is -2.17. The smallest absolute Gasteiger partial charge is 0.168 e. The summed E-state index contributed by atoms with van der Waals surface area (Å²) in [6.07, 6.45) is 4.85. The van der Waals surface area contributed by atoms with Crippen molar-refractivity contribution in [1.82, 2.24) is 15.3 Å². The first-order chi connectivity index (χ1) is 15.5. The molecule has 0 aliphatic carbocycles. The summed E-state index contributed by atoms with van der Waals surface area (Å²) >= 11 is 0. The van der Waals surface area contributed by atoms with E-state index in [-0.39, 0.29) is 5.82 Å². The lowest BCUT2D eigenvalue weighted by molar-refractivity contribution is 0.227. The number of fused-ring (bicyclic) bond motifs is 5. The number of nitrogens with zero attached hydrogens (tertiary/aromatic N) is 2. The molecule has 3 aromatic rings. The molecule has 3 heterocycles. The number of allylic oxidation sites excluding steroid dienone is 1. The van der Waals surface area contributed by atoms with Crippen LogP contribution in [0.15, 0.2) is 54.4 Å². The van der Waals surface area contributed by atoms with Crippen molar-refractivity contribution in [3.63, 3.8) is 0 Å². The van der Waals surface area contributed by atoms with Gasteiger partial charge in [0.2, 0.25) is 0 Å². The van der Waals surface area contributed by atoms with E-state index < -0.39 is 6.10 Å². The van der Waals surface area contributed by atoms with E-state index in [2.05, 4.69) is 20.6 Å². The third-order valence-corrected chi connectivity index (χ3v) is 5.52. The predicted octanol–water partition coefficient (Wildman–Crippen LogP) is 4.99. The topological polar surface area (TPSA) is 82.9 Å². The average Bonchev–Trinajstić information content (AvgIpc) is 2.81. The minimum Gasteiger partial charge on any atom is -0.482 e. The fourth-order valence-corrected chi connectivity index (χ4v) is 4.02. The SMILES string of the molecule is CCN/C1=C(\C=N)Cc2ncccc2-c2ccc(F)cc2C(C)Oc2cc1cnc2NC. The van der Waals surface area contributed by atoms with Crippen LogP contribution >= 0.6 is 0 Å². The van der Waals surface area contributed by atoms with Gasteiger partial charge >= 0.3 is 0 Å². The molecule has 4 rings (SSSR count). The van der Waals surface area contributed by atoms with E-state index in [1.807, 2.05) is 32.0 Å². The molecular formula is C25H26FN5O. The summed E-state index contributed by atoms with van der Waals surface area (Å²) in [5.74, 6) is 0.816. The Labute approximate surface area is 187 Å². The first kappa shape index (κ1) is 21.5. The van der Waals surface area contributed by atoms with Crippen molar-refractivity contribution in [2.75, 3.05) is 18.9 Å². The molecular weight excluding hydrogens is 405 g/mol. The quantitative estimate of drug-likeness (QED) is 0.507. The molecule has 1 aliphatic heterocycles. The molecule has 0 amide bonds. The van der Waals surface area contributed by atoms with Gasteiger partial charge in [-0.15, -0.1) is 0 Å². The van der Waals surface area contributed by atoms with E-state index in [0.717, 1.165) is 39.2 Å². The molecule has 1 aromatic carbocycles. The summed E-state index contributed by atoms with van der Waals surface area (Å²) in [6, 6.07) is 10.5. The van der Waals surface area contributed by atoms with Gasteiger partial charge in [-0.25, -0.2) is 9.37 Å². The largest absolute Gasteiger partial charge is 0.482 e. The Morgan fingerprint density at radius 1 is 1.22 bits per heavy atom. The number of hydrogen-bond acceptors (Lipinski definition) is 6. The molecule has 32 heavy (non-hydrogen) atoms. The Hall–Kier alpha value is -3.74. The van der Waals surface area contributed by atoms with Gasteiger partial charge in [0.05, 0.1) is 5.69 Å². The Bertz CT molecular complexity index is 1190. The number of nitrogens with one attached hydrogen (secondary N) is 3. The second-order valence-corrected chi connectivity index (χ2v) is 7.56. The molecule has 6 nitrogen and oxygen atoms in total. The molecule has 0 radical (unpaired) electrons. The fourth-order valence-electron chi connectivity index (χ4n) is 4.02. The number of hydrogen-bond donors (Lipinski definition) is 3. The van der Waals surface area contributed by atoms with E-state index >= 15 is 0 Å². The highest BCUT2D eigenvalue weighted by atomic mass is 19.1. The second-order valence-electron chi connectivity index (χ2n) is 7.56. The van der Waals surface area contributed by atoms with Crippen LogP contribution in [0.3, 0.4) is 0 Å². The Balaban J connectivity index is 2.03. The zero-order valence-electron chi connectivity index (χ0n) is 18.4. The number of pyridine rings is 2. The highest BCUT2D eigenvalue weighted by Crippen LogP contribution is 2.37. The molecule has 1 atom stereocenters. The molecule has 0 fully saturated rings. The van der Waals surface area contributed by atoms with Crippen LogP contribution in [0.4, 0.5) is 10.2 Å². The van der Waals surface area contributed by atoms with Crippen LogP contribution in [0.25, 0.3) is 16.8 Å². The Morgan fingerprint density at radius 2 is 2.06 bits per heavy atom. The summed E-state index contributed by atoms with van der Waals surface area (Å²) in [7, 11) is 1.78. The molecule has 0 spiro atoms. The maximum atomic E-state index is 14.3. The number of aromatic nitrogens is 2.